The topological polar surface area (TPSA) is 78.9 Å². The van der Waals surface area contributed by atoms with Crippen molar-refractivity contribution in [3.63, 3.8) is 0 Å². The third kappa shape index (κ3) is 47.6. The van der Waals surface area contributed by atoms with E-state index in [0.717, 1.165) is 103 Å². The zero-order valence-corrected chi connectivity index (χ0v) is 40.4. The van der Waals surface area contributed by atoms with Gasteiger partial charge in [0.1, 0.15) is 13.2 Å². The number of allylic oxidation sites excluding steroid dienone is 14. The Morgan fingerprint density at radius 1 is 0.339 bits per heavy atom. The van der Waals surface area contributed by atoms with Crippen molar-refractivity contribution in [2.45, 2.75) is 239 Å². The molecule has 0 rings (SSSR count). The summed E-state index contributed by atoms with van der Waals surface area (Å²) in [6.07, 6.45) is 64.3. The van der Waals surface area contributed by atoms with Crippen LogP contribution in [0.1, 0.15) is 233 Å². The summed E-state index contributed by atoms with van der Waals surface area (Å²) >= 11 is 0. The third-order valence-electron chi connectivity index (χ3n) is 10.6. The molecule has 0 aliphatic heterocycles. The van der Waals surface area contributed by atoms with Gasteiger partial charge in [-0.3, -0.25) is 14.4 Å². The highest BCUT2D eigenvalue weighted by Gasteiger charge is 2.19. The Kier molecular flexibility index (Phi) is 47.5. The van der Waals surface area contributed by atoms with Gasteiger partial charge in [-0.25, -0.2) is 0 Å². The fraction of sp³-hybridized carbons (Fsp3) is 0.696. The number of hydrogen-bond donors (Lipinski definition) is 0. The molecule has 6 nitrogen and oxygen atoms in total. The van der Waals surface area contributed by atoms with E-state index in [2.05, 4.69) is 106 Å². The predicted molar refractivity (Wildman–Crippen MR) is 265 cm³/mol. The third-order valence-corrected chi connectivity index (χ3v) is 10.6. The molecule has 0 saturated carbocycles. The molecule has 0 aliphatic rings. The van der Waals surface area contributed by atoms with Crippen LogP contribution in [0, 0.1) is 0 Å². The van der Waals surface area contributed by atoms with Crippen molar-refractivity contribution in [3.8, 4) is 0 Å². The molecule has 1 unspecified atom stereocenters. The van der Waals surface area contributed by atoms with Gasteiger partial charge in [-0.15, -0.1) is 0 Å². The SMILES string of the molecule is CC/C=C\C/C=C\C/C=C\C/C=C\C/C=C\CCCC(=O)OCC(COC(=O)CCCCCCC/C=C\CCCCC)OC(=O)CCCCCCC/C=C\CCCCCCCC. The van der Waals surface area contributed by atoms with Gasteiger partial charge >= 0.3 is 17.9 Å². The first-order chi connectivity index (χ1) is 30.5. The monoisotopic (exact) mass is 863 g/mol. The molecule has 0 aromatic heterocycles. The maximum atomic E-state index is 12.8. The van der Waals surface area contributed by atoms with Crippen LogP contribution in [0.25, 0.3) is 0 Å². The van der Waals surface area contributed by atoms with Crippen molar-refractivity contribution in [1.29, 1.82) is 0 Å². The standard InChI is InChI=1S/C56H94O6/c1-4-7-10-13-16-19-22-25-27-28-30-31-34-37-40-43-46-49-55(58)61-52-53(51-60-54(57)48-45-42-39-36-33-24-21-18-15-12-9-6-3)62-56(59)50-47-44-41-38-35-32-29-26-23-20-17-14-11-8-5-2/h7,10,16,18-19,21,25-27,29-31,37,40,53H,4-6,8-9,11-15,17,20,22-24,28,32-36,38-39,41-52H2,1-3H3/b10-7-,19-16-,21-18-,27-25-,29-26-,31-30-,40-37-. The van der Waals surface area contributed by atoms with Gasteiger partial charge in [0, 0.05) is 19.3 Å². The number of carbonyl (C=O) groups is 3. The molecule has 0 radical (unpaired) electrons. The average molecular weight is 863 g/mol. The van der Waals surface area contributed by atoms with E-state index >= 15 is 0 Å². The van der Waals surface area contributed by atoms with Gasteiger partial charge in [-0.1, -0.05) is 189 Å². The molecule has 0 fully saturated rings. The van der Waals surface area contributed by atoms with E-state index in [1.54, 1.807) is 0 Å². The van der Waals surface area contributed by atoms with Crippen LogP contribution in [-0.2, 0) is 28.6 Å². The van der Waals surface area contributed by atoms with Crippen LogP contribution in [0.5, 0.6) is 0 Å². The first-order valence-corrected chi connectivity index (χ1v) is 25.6. The second-order valence-electron chi connectivity index (χ2n) is 16.7. The van der Waals surface area contributed by atoms with Crippen LogP contribution in [0.2, 0.25) is 0 Å². The minimum atomic E-state index is -0.806. The van der Waals surface area contributed by atoms with E-state index in [1.165, 1.54) is 83.5 Å². The smallest absolute Gasteiger partial charge is 0.306 e. The molecule has 0 amide bonds. The second-order valence-corrected chi connectivity index (χ2v) is 16.7. The average Bonchev–Trinajstić information content (AvgIpc) is 3.27. The number of esters is 3. The Hall–Kier alpha value is -3.41. The van der Waals surface area contributed by atoms with E-state index in [-0.39, 0.29) is 37.5 Å². The molecule has 0 spiro atoms. The van der Waals surface area contributed by atoms with Crippen LogP contribution < -0.4 is 0 Å². The van der Waals surface area contributed by atoms with Crippen molar-refractivity contribution >= 4 is 17.9 Å². The number of unbranched alkanes of at least 4 members (excludes halogenated alkanes) is 20. The van der Waals surface area contributed by atoms with Crippen LogP contribution in [0.4, 0.5) is 0 Å². The van der Waals surface area contributed by atoms with Gasteiger partial charge in [0.2, 0.25) is 0 Å². The fourth-order valence-corrected chi connectivity index (χ4v) is 6.76. The van der Waals surface area contributed by atoms with Crippen molar-refractivity contribution in [1.82, 2.24) is 0 Å². The quantitative estimate of drug-likeness (QED) is 0.0263. The van der Waals surface area contributed by atoms with Crippen LogP contribution in [0.15, 0.2) is 85.1 Å². The first-order valence-electron chi connectivity index (χ1n) is 25.6. The molecule has 0 saturated heterocycles. The Balaban J connectivity index is 4.50. The van der Waals surface area contributed by atoms with Crippen molar-refractivity contribution in [3.05, 3.63) is 85.1 Å². The normalized spacial score (nSPS) is 12.8. The van der Waals surface area contributed by atoms with E-state index in [4.69, 9.17) is 14.2 Å². The summed E-state index contributed by atoms with van der Waals surface area (Å²) in [5.74, 6) is -0.982. The first kappa shape index (κ1) is 58.6. The summed E-state index contributed by atoms with van der Waals surface area (Å²) < 4.78 is 16.7. The van der Waals surface area contributed by atoms with Crippen molar-refractivity contribution < 1.29 is 28.6 Å². The Morgan fingerprint density at radius 3 is 1.10 bits per heavy atom. The van der Waals surface area contributed by atoms with Gasteiger partial charge in [-0.2, -0.15) is 0 Å². The van der Waals surface area contributed by atoms with E-state index in [0.29, 0.717) is 19.3 Å². The maximum Gasteiger partial charge on any atom is 0.306 e. The highest BCUT2D eigenvalue weighted by atomic mass is 16.6. The maximum absolute atomic E-state index is 12.8. The van der Waals surface area contributed by atoms with E-state index in [1.807, 2.05) is 0 Å². The van der Waals surface area contributed by atoms with Crippen LogP contribution in [-0.4, -0.2) is 37.2 Å². The highest BCUT2D eigenvalue weighted by Crippen LogP contribution is 2.13. The second kappa shape index (κ2) is 50.2. The number of carbonyl (C=O) groups excluding carboxylic acids is 3. The van der Waals surface area contributed by atoms with Gasteiger partial charge in [0.15, 0.2) is 6.10 Å². The van der Waals surface area contributed by atoms with Gasteiger partial charge in [0.05, 0.1) is 0 Å². The summed E-state index contributed by atoms with van der Waals surface area (Å²) in [6, 6.07) is 0. The zero-order chi connectivity index (χ0) is 45.1. The lowest BCUT2D eigenvalue weighted by molar-refractivity contribution is -0.167. The molecule has 0 bridgehead atoms. The van der Waals surface area contributed by atoms with E-state index in [9.17, 15) is 14.4 Å². The lowest BCUT2D eigenvalue weighted by atomic mass is 10.1. The minimum Gasteiger partial charge on any atom is -0.462 e. The Labute approximate surface area is 382 Å². The summed E-state index contributed by atoms with van der Waals surface area (Å²) in [5.41, 5.74) is 0. The zero-order valence-electron chi connectivity index (χ0n) is 40.4. The number of hydrogen-bond acceptors (Lipinski definition) is 6. The molecule has 0 aromatic carbocycles. The number of rotatable bonds is 45. The number of ether oxygens (including phenoxy) is 3. The fourth-order valence-electron chi connectivity index (χ4n) is 6.76. The van der Waals surface area contributed by atoms with Crippen molar-refractivity contribution in [2.75, 3.05) is 13.2 Å². The highest BCUT2D eigenvalue weighted by molar-refractivity contribution is 5.71. The molecule has 6 heteroatoms. The summed E-state index contributed by atoms with van der Waals surface area (Å²) in [4.78, 5) is 37.9. The van der Waals surface area contributed by atoms with Crippen LogP contribution >= 0.6 is 0 Å². The summed E-state index contributed by atoms with van der Waals surface area (Å²) in [7, 11) is 0. The minimum absolute atomic E-state index is 0.102. The molecule has 62 heavy (non-hydrogen) atoms. The van der Waals surface area contributed by atoms with Gasteiger partial charge in [0.25, 0.3) is 0 Å². The molecular formula is C56H94O6. The molecule has 354 valence electrons. The summed E-state index contributed by atoms with van der Waals surface area (Å²) in [5, 5.41) is 0. The Bertz CT molecular complexity index is 1220. The van der Waals surface area contributed by atoms with Gasteiger partial charge < -0.3 is 14.2 Å². The van der Waals surface area contributed by atoms with Crippen molar-refractivity contribution in [2.24, 2.45) is 0 Å². The molecular weight excluding hydrogens is 769 g/mol. The lowest BCUT2D eigenvalue weighted by Crippen LogP contribution is -2.30. The molecule has 0 aromatic rings. The van der Waals surface area contributed by atoms with Crippen LogP contribution in [0.3, 0.4) is 0 Å². The van der Waals surface area contributed by atoms with E-state index < -0.39 is 6.10 Å². The molecule has 0 heterocycles. The predicted octanol–water partition coefficient (Wildman–Crippen LogP) is 16.8. The Morgan fingerprint density at radius 2 is 0.645 bits per heavy atom. The largest absolute Gasteiger partial charge is 0.462 e. The molecule has 0 aliphatic carbocycles. The molecule has 0 N–H and O–H groups in total. The van der Waals surface area contributed by atoms with Gasteiger partial charge in [-0.05, 0) is 109 Å². The lowest BCUT2D eigenvalue weighted by Gasteiger charge is -2.18. The molecule has 1 atom stereocenters. The summed E-state index contributed by atoms with van der Waals surface area (Å²) in [6.45, 7) is 6.42.